The van der Waals surface area contributed by atoms with E-state index in [1.165, 1.54) is 11.3 Å². The third kappa shape index (κ3) is 3.40. The number of aromatic amines is 1. The van der Waals surface area contributed by atoms with E-state index in [4.69, 9.17) is 0 Å². The number of thiophene rings is 1. The SMILES string of the molecule is Cc1cc2ncnc(NC3CC34CC(NC(=O)c3sccc3CN(C)C)C4)c2[nH]1. The van der Waals surface area contributed by atoms with Crippen LogP contribution in [0.5, 0.6) is 0 Å². The fourth-order valence-corrected chi connectivity index (χ4v) is 5.44. The maximum absolute atomic E-state index is 12.7. The van der Waals surface area contributed by atoms with Crippen LogP contribution >= 0.6 is 11.3 Å². The van der Waals surface area contributed by atoms with Crippen molar-refractivity contribution >= 4 is 34.1 Å². The molecule has 1 spiro atoms. The predicted octanol–water partition coefficient (Wildman–Crippen LogP) is 3.15. The topological polar surface area (TPSA) is 85.9 Å². The van der Waals surface area contributed by atoms with Crippen LogP contribution in [0.4, 0.5) is 5.82 Å². The van der Waals surface area contributed by atoms with E-state index in [1.807, 2.05) is 38.5 Å². The summed E-state index contributed by atoms with van der Waals surface area (Å²) in [4.78, 5) is 27.7. The number of hydrogen-bond donors (Lipinski definition) is 3. The van der Waals surface area contributed by atoms with Crippen molar-refractivity contribution in [1.29, 1.82) is 0 Å². The molecule has 0 radical (unpaired) electrons. The number of amides is 1. The third-order valence-corrected chi connectivity index (χ3v) is 7.09. The van der Waals surface area contributed by atoms with Gasteiger partial charge in [-0.15, -0.1) is 11.3 Å². The second-order valence-electron chi connectivity index (χ2n) is 8.79. The molecule has 0 aromatic carbocycles. The molecule has 3 heterocycles. The van der Waals surface area contributed by atoms with Gasteiger partial charge in [-0.05, 0) is 68.8 Å². The quantitative estimate of drug-likeness (QED) is 0.581. The molecule has 1 amide bonds. The molecule has 3 aromatic heterocycles. The van der Waals surface area contributed by atoms with E-state index in [2.05, 4.69) is 30.5 Å². The number of nitrogens with one attached hydrogen (secondary N) is 3. The average molecular weight is 411 g/mol. The molecule has 2 aliphatic carbocycles. The first-order valence-electron chi connectivity index (χ1n) is 10.0. The second kappa shape index (κ2) is 6.81. The molecule has 0 bridgehead atoms. The van der Waals surface area contributed by atoms with Crippen LogP contribution in [0.2, 0.25) is 0 Å². The number of aryl methyl sites for hydroxylation is 1. The lowest BCUT2D eigenvalue weighted by molar-refractivity contribution is 0.0878. The molecule has 1 atom stereocenters. The van der Waals surface area contributed by atoms with E-state index in [0.29, 0.717) is 11.5 Å². The summed E-state index contributed by atoms with van der Waals surface area (Å²) in [7, 11) is 4.05. The number of aromatic nitrogens is 3. The van der Waals surface area contributed by atoms with E-state index in [9.17, 15) is 4.79 Å². The Labute approximate surface area is 173 Å². The van der Waals surface area contributed by atoms with Crippen molar-refractivity contribution in [3.8, 4) is 0 Å². The number of fused-ring (bicyclic) bond motifs is 1. The van der Waals surface area contributed by atoms with Gasteiger partial charge in [0.05, 0.1) is 10.4 Å². The van der Waals surface area contributed by atoms with Gasteiger partial charge in [-0.25, -0.2) is 9.97 Å². The maximum Gasteiger partial charge on any atom is 0.261 e. The van der Waals surface area contributed by atoms with Crippen molar-refractivity contribution in [2.45, 2.75) is 44.8 Å². The summed E-state index contributed by atoms with van der Waals surface area (Å²) < 4.78 is 0. The van der Waals surface area contributed by atoms with Crippen molar-refractivity contribution < 1.29 is 4.79 Å². The van der Waals surface area contributed by atoms with Gasteiger partial charge in [-0.1, -0.05) is 0 Å². The van der Waals surface area contributed by atoms with Crippen molar-refractivity contribution in [3.63, 3.8) is 0 Å². The Bertz CT molecular complexity index is 1060. The molecule has 3 aromatic rings. The summed E-state index contributed by atoms with van der Waals surface area (Å²) in [6.07, 6.45) is 4.81. The lowest BCUT2D eigenvalue weighted by Gasteiger charge is -2.37. The van der Waals surface area contributed by atoms with Gasteiger partial charge in [-0.3, -0.25) is 4.79 Å². The summed E-state index contributed by atoms with van der Waals surface area (Å²) in [5, 5.41) is 8.84. The smallest absolute Gasteiger partial charge is 0.261 e. The zero-order chi connectivity index (χ0) is 20.2. The van der Waals surface area contributed by atoms with Gasteiger partial charge in [0.1, 0.15) is 11.8 Å². The van der Waals surface area contributed by atoms with Gasteiger partial charge in [0.2, 0.25) is 0 Å². The van der Waals surface area contributed by atoms with Crippen molar-refractivity contribution in [2.75, 3.05) is 19.4 Å². The Morgan fingerprint density at radius 2 is 2.17 bits per heavy atom. The lowest BCUT2D eigenvalue weighted by Crippen LogP contribution is -2.47. The first-order valence-corrected chi connectivity index (χ1v) is 10.9. The number of H-pyrrole nitrogens is 1. The number of anilines is 1. The Kier molecular flexibility index (Phi) is 4.36. The largest absolute Gasteiger partial charge is 0.365 e. The first-order chi connectivity index (χ1) is 13.9. The van der Waals surface area contributed by atoms with E-state index in [0.717, 1.165) is 58.8 Å². The maximum atomic E-state index is 12.7. The van der Waals surface area contributed by atoms with E-state index >= 15 is 0 Å². The molecule has 152 valence electrons. The van der Waals surface area contributed by atoms with Crippen LogP contribution in [0, 0.1) is 12.3 Å². The van der Waals surface area contributed by atoms with Crippen molar-refractivity contribution in [3.05, 3.63) is 40.0 Å². The van der Waals surface area contributed by atoms with Crippen molar-refractivity contribution in [1.82, 2.24) is 25.2 Å². The zero-order valence-electron chi connectivity index (χ0n) is 17.0. The highest BCUT2D eigenvalue weighted by atomic mass is 32.1. The Hall–Kier alpha value is -2.45. The normalized spacial score (nSPS) is 25.4. The number of hydrogen-bond acceptors (Lipinski definition) is 6. The highest BCUT2D eigenvalue weighted by Crippen LogP contribution is 2.61. The molecule has 2 fully saturated rings. The zero-order valence-corrected chi connectivity index (χ0v) is 17.8. The minimum Gasteiger partial charge on any atom is -0.365 e. The number of rotatable bonds is 6. The van der Waals surface area contributed by atoms with E-state index in [1.54, 1.807) is 6.33 Å². The summed E-state index contributed by atoms with van der Waals surface area (Å²) in [5.74, 6) is 0.950. The van der Waals surface area contributed by atoms with Crippen LogP contribution in [0.15, 0.2) is 23.8 Å². The van der Waals surface area contributed by atoms with E-state index in [-0.39, 0.29) is 11.9 Å². The highest BCUT2D eigenvalue weighted by molar-refractivity contribution is 7.12. The monoisotopic (exact) mass is 410 g/mol. The highest BCUT2D eigenvalue weighted by Gasteiger charge is 2.62. The van der Waals surface area contributed by atoms with Gasteiger partial charge >= 0.3 is 0 Å². The molecule has 29 heavy (non-hydrogen) atoms. The average Bonchev–Trinajstić information content (AvgIpc) is 2.97. The molecule has 5 rings (SSSR count). The van der Waals surface area contributed by atoms with Crippen LogP contribution in [-0.2, 0) is 6.54 Å². The van der Waals surface area contributed by atoms with Gasteiger partial charge in [-0.2, -0.15) is 0 Å². The first kappa shape index (κ1) is 18.6. The van der Waals surface area contributed by atoms with Crippen LogP contribution in [0.3, 0.4) is 0 Å². The molecule has 2 aliphatic rings. The predicted molar refractivity (Wildman–Crippen MR) is 115 cm³/mol. The van der Waals surface area contributed by atoms with Gasteiger partial charge in [0.25, 0.3) is 5.91 Å². The summed E-state index contributed by atoms with van der Waals surface area (Å²) in [5.41, 5.74) is 4.41. The molecule has 3 N–H and O–H groups in total. The minimum absolute atomic E-state index is 0.0706. The van der Waals surface area contributed by atoms with Gasteiger partial charge in [0.15, 0.2) is 5.82 Å². The number of carbonyl (C=O) groups is 1. The molecule has 7 nitrogen and oxygen atoms in total. The fourth-order valence-electron chi connectivity index (χ4n) is 4.62. The lowest BCUT2D eigenvalue weighted by atomic mass is 9.76. The van der Waals surface area contributed by atoms with Crippen LogP contribution in [0.25, 0.3) is 11.0 Å². The Balaban J connectivity index is 1.18. The van der Waals surface area contributed by atoms with Gasteiger partial charge in [0, 0.05) is 24.3 Å². The van der Waals surface area contributed by atoms with Gasteiger partial charge < -0.3 is 20.5 Å². The molecule has 0 saturated heterocycles. The van der Waals surface area contributed by atoms with Crippen LogP contribution in [0.1, 0.15) is 40.2 Å². The summed E-state index contributed by atoms with van der Waals surface area (Å²) in [6, 6.07) is 4.77. The number of carbonyl (C=O) groups excluding carboxylic acids is 1. The molecule has 0 aliphatic heterocycles. The Morgan fingerprint density at radius 1 is 1.34 bits per heavy atom. The number of nitrogens with zero attached hydrogens (tertiary/aromatic N) is 3. The molecular formula is C21H26N6OS. The van der Waals surface area contributed by atoms with Crippen LogP contribution in [-0.4, -0.2) is 51.9 Å². The minimum atomic E-state index is 0.0706. The second-order valence-corrected chi connectivity index (χ2v) is 9.71. The molecule has 1 unspecified atom stereocenters. The van der Waals surface area contributed by atoms with Crippen LogP contribution < -0.4 is 10.6 Å². The molecular weight excluding hydrogens is 384 g/mol. The standard InChI is InChI=1S/C21H26N6OS/c1-12-6-15-17(24-12)19(23-11-22-15)26-16-9-21(16)7-14(8-21)25-20(28)18-13(4-5-29-18)10-27(2)3/h4-6,11,14,16,24H,7-10H2,1-3H3,(H,25,28)(H,22,23,26). The Morgan fingerprint density at radius 3 is 2.97 bits per heavy atom. The third-order valence-electron chi connectivity index (χ3n) is 6.13. The molecule has 2 saturated carbocycles. The van der Waals surface area contributed by atoms with Crippen molar-refractivity contribution in [2.24, 2.45) is 5.41 Å². The molecule has 8 heteroatoms. The summed E-state index contributed by atoms with van der Waals surface area (Å²) >= 11 is 1.53. The van der Waals surface area contributed by atoms with E-state index < -0.39 is 0 Å². The fraction of sp³-hybridized carbons (Fsp3) is 0.476. The summed E-state index contributed by atoms with van der Waals surface area (Å²) in [6.45, 7) is 2.82.